The second-order valence-electron chi connectivity index (χ2n) is 7.78. The number of amides is 2. The minimum Gasteiger partial charge on any atom is -0.361 e. The Bertz CT molecular complexity index is 709. The lowest BCUT2D eigenvalue weighted by molar-refractivity contribution is 0.164. The minimum atomic E-state index is 0.164. The summed E-state index contributed by atoms with van der Waals surface area (Å²) in [6, 6.07) is 9.09. The molecule has 1 aromatic heterocycles. The summed E-state index contributed by atoms with van der Waals surface area (Å²) in [5, 5.41) is 4.60. The van der Waals surface area contributed by atoms with Crippen molar-refractivity contribution in [1.82, 2.24) is 15.2 Å². The topological polar surface area (TPSA) is 48.1 Å². The maximum absolute atomic E-state index is 12.5. The van der Waals surface area contributed by atoms with E-state index in [2.05, 4.69) is 40.8 Å². The highest BCUT2D eigenvalue weighted by atomic mass is 16.2. The zero-order valence-electron chi connectivity index (χ0n) is 15.0. The fourth-order valence-electron chi connectivity index (χ4n) is 4.46. The van der Waals surface area contributed by atoms with Crippen LogP contribution >= 0.6 is 0 Å². The van der Waals surface area contributed by atoms with Crippen molar-refractivity contribution < 1.29 is 4.79 Å². The number of piperidine rings is 1. The van der Waals surface area contributed by atoms with Crippen LogP contribution in [0.3, 0.4) is 0 Å². The molecule has 0 radical (unpaired) electrons. The van der Waals surface area contributed by atoms with E-state index in [1.165, 1.54) is 35.7 Å². The lowest BCUT2D eigenvalue weighted by Gasteiger charge is -2.34. The molecule has 2 N–H and O–H groups in total. The Hall–Kier alpha value is -1.97. The average molecular weight is 339 g/mol. The number of nitrogens with one attached hydrogen (secondary N) is 2. The molecular weight excluding hydrogens is 310 g/mol. The van der Waals surface area contributed by atoms with Gasteiger partial charge in [0.1, 0.15) is 0 Å². The molecule has 0 atom stereocenters. The van der Waals surface area contributed by atoms with Gasteiger partial charge in [0.2, 0.25) is 0 Å². The van der Waals surface area contributed by atoms with Gasteiger partial charge in [0.05, 0.1) is 0 Å². The molecule has 2 aromatic rings. The number of fused-ring (bicyclic) bond motifs is 1. The van der Waals surface area contributed by atoms with Gasteiger partial charge in [-0.15, -0.1) is 0 Å². The molecular formula is C21H29N3O. The van der Waals surface area contributed by atoms with Crippen LogP contribution in [0.2, 0.25) is 0 Å². The van der Waals surface area contributed by atoms with Crippen LogP contribution in [0.4, 0.5) is 4.79 Å². The van der Waals surface area contributed by atoms with E-state index >= 15 is 0 Å². The van der Waals surface area contributed by atoms with Crippen molar-refractivity contribution in [3.8, 4) is 0 Å². The molecule has 1 aromatic carbocycles. The first kappa shape index (κ1) is 16.5. The van der Waals surface area contributed by atoms with E-state index in [1.807, 2.05) is 4.90 Å². The zero-order chi connectivity index (χ0) is 17.1. The monoisotopic (exact) mass is 339 g/mol. The summed E-state index contributed by atoms with van der Waals surface area (Å²) in [5.74, 6) is 0.679. The summed E-state index contributed by atoms with van der Waals surface area (Å²) in [7, 11) is 0. The summed E-state index contributed by atoms with van der Waals surface area (Å²) in [5.41, 5.74) is 2.64. The van der Waals surface area contributed by atoms with Crippen molar-refractivity contribution in [3.05, 3.63) is 36.0 Å². The molecule has 2 heterocycles. The van der Waals surface area contributed by atoms with Crippen molar-refractivity contribution in [1.29, 1.82) is 0 Å². The minimum absolute atomic E-state index is 0.164. The molecule has 2 amide bonds. The molecule has 0 spiro atoms. The maximum atomic E-state index is 12.5. The smallest absolute Gasteiger partial charge is 0.317 e. The highest BCUT2D eigenvalue weighted by Gasteiger charge is 2.25. The number of nitrogens with zero attached hydrogens (tertiary/aromatic N) is 1. The third-order valence-corrected chi connectivity index (χ3v) is 6.02. The Morgan fingerprint density at radius 2 is 1.84 bits per heavy atom. The Balaban J connectivity index is 1.28. The number of hydrogen-bond donors (Lipinski definition) is 2. The Kier molecular flexibility index (Phi) is 4.95. The largest absolute Gasteiger partial charge is 0.361 e. The van der Waals surface area contributed by atoms with Gasteiger partial charge >= 0.3 is 6.03 Å². The molecule has 1 saturated carbocycles. The van der Waals surface area contributed by atoms with E-state index in [1.54, 1.807) is 0 Å². The molecule has 1 aliphatic heterocycles. The number of urea groups is 1. The van der Waals surface area contributed by atoms with Crippen molar-refractivity contribution in [2.75, 3.05) is 13.1 Å². The van der Waals surface area contributed by atoms with Gasteiger partial charge in [0.25, 0.3) is 0 Å². The summed E-state index contributed by atoms with van der Waals surface area (Å²) in [6.07, 6.45) is 11.6. The van der Waals surface area contributed by atoms with Crippen molar-refractivity contribution in [3.63, 3.8) is 0 Å². The number of carbonyl (C=O) groups is 1. The predicted octanol–water partition coefficient (Wildman–Crippen LogP) is 4.46. The fourth-order valence-corrected chi connectivity index (χ4v) is 4.46. The van der Waals surface area contributed by atoms with E-state index in [-0.39, 0.29) is 6.03 Å². The van der Waals surface area contributed by atoms with Crippen molar-refractivity contribution >= 4 is 16.9 Å². The third-order valence-electron chi connectivity index (χ3n) is 6.02. The van der Waals surface area contributed by atoms with Gasteiger partial charge < -0.3 is 15.2 Å². The first-order chi connectivity index (χ1) is 12.3. The summed E-state index contributed by atoms with van der Waals surface area (Å²) >= 11 is 0. The van der Waals surface area contributed by atoms with Crippen molar-refractivity contribution in [2.45, 2.75) is 57.4 Å². The molecule has 0 unspecified atom stereocenters. The number of rotatable bonds is 3. The van der Waals surface area contributed by atoms with Gasteiger partial charge in [-0.3, -0.25) is 0 Å². The molecule has 2 aliphatic rings. The van der Waals surface area contributed by atoms with E-state index in [0.29, 0.717) is 12.0 Å². The van der Waals surface area contributed by atoms with Crippen LogP contribution in [-0.2, 0) is 6.42 Å². The number of carbonyl (C=O) groups excluding carboxylic acids is 1. The van der Waals surface area contributed by atoms with Gasteiger partial charge in [-0.25, -0.2) is 4.79 Å². The Morgan fingerprint density at radius 3 is 2.64 bits per heavy atom. The van der Waals surface area contributed by atoms with Gasteiger partial charge in [0.15, 0.2) is 0 Å². The van der Waals surface area contributed by atoms with E-state index in [0.717, 1.165) is 45.2 Å². The average Bonchev–Trinajstić information content (AvgIpc) is 3.06. The number of aromatic nitrogens is 1. The molecule has 4 nitrogen and oxygen atoms in total. The molecule has 1 aliphatic carbocycles. The number of H-pyrrole nitrogens is 1. The van der Waals surface area contributed by atoms with Gasteiger partial charge in [-0.2, -0.15) is 0 Å². The van der Waals surface area contributed by atoms with Crippen LogP contribution in [0.15, 0.2) is 30.5 Å². The van der Waals surface area contributed by atoms with Crippen LogP contribution in [0, 0.1) is 5.92 Å². The molecule has 1 saturated heterocycles. The normalized spacial score (nSPS) is 20.1. The van der Waals surface area contributed by atoms with Gasteiger partial charge in [-0.1, -0.05) is 37.5 Å². The van der Waals surface area contributed by atoms with Crippen LogP contribution < -0.4 is 5.32 Å². The zero-order valence-corrected chi connectivity index (χ0v) is 15.0. The highest BCUT2D eigenvalue weighted by molar-refractivity contribution is 5.83. The Labute approximate surface area is 150 Å². The second-order valence-corrected chi connectivity index (χ2v) is 7.78. The lowest BCUT2D eigenvalue weighted by atomic mass is 9.90. The van der Waals surface area contributed by atoms with Crippen LogP contribution in [-0.4, -0.2) is 35.0 Å². The van der Waals surface area contributed by atoms with E-state index in [9.17, 15) is 4.79 Å². The molecule has 2 fully saturated rings. The van der Waals surface area contributed by atoms with E-state index < -0.39 is 0 Å². The molecule has 0 bridgehead atoms. The standard InChI is InChI=1S/C21H29N3O/c25-21(23-18-6-2-1-3-7-18)24-12-10-16(11-13-24)14-17-15-22-20-9-5-4-8-19(17)20/h4-5,8-9,15-16,18,22H,1-3,6-7,10-14H2,(H,23,25). The van der Waals surface area contributed by atoms with Gasteiger partial charge in [0, 0.05) is 36.2 Å². The van der Waals surface area contributed by atoms with Crippen LogP contribution in [0.25, 0.3) is 10.9 Å². The molecule has 134 valence electrons. The third kappa shape index (κ3) is 3.83. The number of likely N-dealkylation sites (tertiary alicyclic amines) is 1. The first-order valence-corrected chi connectivity index (χ1v) is 9.90. The lowest BCUT2D eigenvalue weighted by Crippen LogP contribution is -2.48. The summed E-state index contributed by atoms with van der Waals surface area (Å²) in [6.45, 7) is 1.79. The van der Waals surface area contributed by atoms with Crippen LogP contribution in [0.1, 0.15) is 50.5 Å². The number of aromatic amines is 1. The van der Waals surface area contributed by atoms with Crippen LogP contribution in [0.5, 0.6) is 0 Å². The van der Waals surface area contributed by atoms with Gasteiger partial charge in [-0.05, 0) is 49.7 Å². The number of para-hydroxylation sites is 1. The highest BCUT2D eigenvalue weighted by Crippen LogP contribution is 2.26. The van der Waals surface area contributed by atoms with E-state index in [4.69, 9.17) is 0 Å². The molecule has 4 rings (SSSR count). The SMILES string of the molecule is O=C(NC1CCCCC1)N1CCC(Cc2c[nH]c3ccccc23)CC1. The molecule has 4 heteroatoms. The molecule has 25 heavy (non-hydrogen) atoms. The number of benzene rings is 1. The predicted molar refractivity (Wildman–Crippen MR) is 102 cm³/mol. The maximum Gasteiger partial charge on any atom is 0.317 e. The van der Waals surface area contributed by atoms with Crippen molar-refractivity contribution in [2.24, 2.45) is 5.92 Å². The summed E-state index contributed by atoms with van der Waals surface area (Å²) < 4.78 is 0. The first-order valence-electron chi connectivity index (χ1n) is 9.90. The quantitative estimate of drug-likeness (QED) is 0.852. The summed E-state index contributed by atoms with van der Waals surface area (Å²) in [4.78, 5) is 17.9. The Morgan fingerprint density at radius 1 is 1.08 bits per heavy atom. The fraction of sp³-hybridized carbons (Fsp3) is 0.571. The second kappa shape index (κ2) is 7.51. The number of hydrogen-bond acceptors (Lipinski definition) is 1.